The molecule has 1 saturated heterocycles. The maximum Gasteiger partial charge on any atom is 0.119 e. The molecule has 5 heteroatoms. The van der Waals surface area contributed by atoms with Gasteiger partial charge in [0.05, 0.1) is 6.10 Å². The van der Waals surface area contributed by atoms with E-state index in [1.807, 2.05) is 37.4 Å². The van der Waals surface area contributed by atoms with Gasteiger partial charge in [-0.05, 0) is 43.1 Å². The van der Waals surface area contributed by atoms with Gasteiger partial charge in [-0.3, -0.25) is 9.80 Å². The number of nitrogens with zero attached hydrogens (tertiary/aromatic N) is 2. The smallest absolute Gasteiger partial charge is 0.119 e. The number of aliphatic hydroxyl groups is 1. The van der Waals surface area contributed by atoms with Crippen molar-refractivity contribution in [1.82, 2.24) is 9.80 Å². The van der Waals surface area contributed by atoms with E-state index >= 15 is 0 Å². The first kappa shape index (κ1) is 21.8. The standard InChI is InChI=1S/C24H34N2O3/c1-25(16-20-6-4-3-5-7-20)18-22(27)19-29-24-10-8-21(9-11-24)17-26-14-12-23(28-2)13-15-26/h3-11,22-23,27H,12-19H2,1-2H3/t22-/m1/s1. The second-order valence-corrected chi connectivity index (χ2v) is 8.00. The molecule has 5 nitrogen and oxygen atoms in total. The van der Waals surface area contributed by atoms with Crippen molar-refractivity contribution in [3.63, 3.8) is 0 Å². The van der Waals surface area contributed by atoms with Crippen LogP contribution in [0.15, 0.2) is 54.6 Å². The molecule has 1 heterocycles. The average molecular weight is 399 g/mol. The van der Waals surface area contributed by atoms with E-state index in [1.54, 1.807) is 7.11 Å². The SMILES string of the molecule is COC1CCN(Cc2ccc(OC[C@H](O)CN(C)Cc3ccccc3)cc2)CC1. The third kappa shape index (κ3) is 7.44. The van der Waals surface area contributed by atoms with Gasteiger partial charge in [0.15, 0.2) is 0 Å². The van der Waals surface area contributed by atoms with Crippen LogP contribution < -0.4 is 4.74 Å². The summed E-state index contributed by atoms with van der Waals surface area (Å²) < 4.78 is 11.2. The molecule has 29 heavy (non-hydrogen) atoms. The van der Waals surface area contributed by atoms with Crippen molar-refractivity contribution in [2.75, 3.05) is 40.4 Å². The lowest BCUT2D eigenvalue weighted by atomic mass is 10.1. The van der Waals surface area contributed by atoms with Gasteiger partial charge in [0.2, 0.25) is 0 Å². The zero-order valence-electron chi connectivity index (χ0n) is 17.7. The van der Waals surface area contributed by atoms with Gasteiger partial charge in [0, 0.05) is 39.8 Å². The van der Waals surface area contributed by atoms with Gasteiger partial charge in [0.1, 0.15) is 18.5 Å². The molecule has 1 fully saturated rings. The van der Waals surface area contributed by atoms with E-state index in [9.17, 15) is 5.11 Å². The van der Waals surface area contributed by atoms with Gasteiger partial charge < -0.3 is 14.6 Å². The van der Waals surface area contributed by atoms with Gasteiger partial charge in [-0.25, -0.2) is 0 Å². The zero-order valence-corrected chi connectivity index (χ0v) is 17.7. The molecular weight excluding hydrogens is 364 g/mol. The maximum absolute atomic E-state index is 10.3. The Bertz CT molecular complexity index is 700. The second-order valence-electron chi connectivity index (χ2n) is 8.00. The quantitative estimate of drug-likeness (QED) is 0.666. The molecule has 0 unspecified atom stereocenters. The first-order chi connectivity index (χ1) is 14.1. The Morgan fingerprint density at radius 3 is 2.38 bits per heavy atom. The van der Waals surface area contributed by atoms with Crippen LogP contribution >= 0.6 is 0 Å². The minimum atomic E-state index is -0.523. The monoisotopic (exact) mass is 398 g/mol. The van der Waals surface area contributed by atoms with E-state index in [1.165, 1.54) is 11.1 Å². The second kappa shape index (κ2) is 11.3. The van der Waals surface area contributed by atoms with E-state index in [4.69, 9.17) is 9.47 Å². The third-order valence-corrected chi connectivity index (χ3v) is 5.46. The molecule has 0 bridgehead atoms. The Morgan fingerprint density at radius 2 is 1.72 bits per heavy atom. The fraction of sp³-hybridized carbons (Fsp3) is 0.500. The number of methoxy groups -OCH3 is 1. The van der Waals surface area contributed by atoms with Crippen molar-refractivity contribution in [1.29, 1.82) is 0 Å². The molecule has 158 valence electrons. The number of ether oxygens (including phenoxy) is 2. The number of hydrogen-bond donors (Lipinski definition) is 1. The molecule has 1 atom stereocenters. The van der Waals surface area contributed by atoms with E-state index in [2.05, 4.69) is 34.1 Å². The molecule has 0 amide bonds. The van der Waals surface area contributed by atoms with Crippen molar-refractivity contribution in [2.24, 2.45) is 0 Å². The summed E-state index contributed by atoms with van der Waals surface area (Å²) in [5, 5.41) is 10.3. The number of likely N-dealkylation sites (N-methyl/N-ethyl adjacent to an activating group) is 1. The van der Waals surface area contributed by atoms with E-state index in [-0.39, 0.29) is 0 Å². The number of likely N-dealkylation sites (tertiary alicyclic amines) is 1. The molecular formula is C24H34N2O3. The summed E-state index contributed by atoms with van der Waals surface area (Å²) in [5.41, 5.74) is 2.53. The van der Waals surface area contributed by atoms with Crippen LogP contribution in [-0.2, 0) is 17.8 Å². The molecule has 0 aromatic heterocycles. The Balaban J connectivity index is 1.37. The Hall–Kier alpha value is -1.92. The van der Waals surface area contributed by atoms with E-state index in [0.717, 1.165) is 44.8 Å². The zero-order chi connectivity index (χ0) is 20.5. The molecule has 2 aromatic rings. The summed E-state index contributed by atoms with van der Waals surface area (Å²) in [5.74, 6) is 0.802. The molecule has 0 aliphatic carbocycles. The van der Waals surface area contributed by atoms with Crippen LogP contribution in [0.5, 0.6) is 5.75 Å². The third-order valence-electron chi connectivity index (χ3n) is 5.46. The van der Waals surface area contributed by atoms with E-state index in [0.29, 0.717) is 19.3 Å². The van der Waals surface area contributed by atoms with Crippen LogP contribution in [0.3, 0.4) is 0 Å². The van der Waals surface area contributed by atoms with E-state index < -0.39 is 6.10 Å². The highest BCUT2D eigenvalue weighted by Crippen LogP contribution is 2.18. The maximum atomic E-state index is 10.3. The first-order valence-electron chi connectivity index (χ1n) is 10.5. The van der Waals surface area contributed by atoms with Crippen LogP contribution in [0.2, 0.25) is 0 Å². The number of hydrogen-bond acceptors (Lipinski definition) is 5. The van der Waals surface area contributed by atoms with Gasteiger partial charge in [-0.1, -0.05) is 42.5 Å². The molecule has 2 aromatic carbocycles. The Kier molecular flexibility index (Phi) is 8.50. The van der Waals surface area contributed by atoms with Crippen LogP contribution in [0.25, 0.3) is 0 Å². The summed E-state index contributed by atoms with van der Waals surface area (Å²) in [7, 11) is 3.82. The molecule has 1 aliphatic rings. The molecule has 0 spiro atoms. The van der Waals surface area contributed by atoms with Crippen molar-refractivity contribution >= 4 is 0 Å². The van der Waals surface area contributed by atoms with Crippen molar-refractivity contribution in [3.8, 4) is 5.75 Å². The normalized spacial score (nSPS) is 16.8. The van der Waals surface area contributed by atoms with Crippen LogP contribution in [0, 0.1) is 0 Å². The van der Waals surface area contributed by atoms with Gasteiger partial charge in [-0.15, -0.1) is 0 Å². The molecule has 0 saturated carbocycles. The van der Waals surface area contributed by atoms with Gasteiger partial charge in [0.25, 0.3) is 0 Å². The highest BCUT2D eigenvalue weighted by atomic mass is 16.5. The number of piperidine rings is 1. The lowest BCUT2D eigenvalue weighted by Gasteiger charge is -2.31. The summed E-state index contributed by atoms with van der Waals surface area (Å²) >= 11 is 0. The highest BCUT2D eigenvalue weighted by Gasteiger charge is 2.18. The molecule has 3 rings (SSSR count). The molecule has 1 aliphatic heterocycles. The largest absolute Gasteiger partial charge is 0.491 e. The molecule has 1 N–H and O–H groups in total. The number of aliphatic hydroxyl groups excluding tert-OH is 1. The lowest BCUT2D eigenvalue weighted by Crippen LogP contribution is -2.36. The number of benzene rings is 2. The van der Waals surface area contributed by atoms with Crippen molar-refractivity contribution in [2.45, 2.75) is 38.1 Å². The Labute approximate surface area is 174 Å². The van der Waals surface area contributed by atoms with Crippen molar-refractivity contribution < 1.29 is 14.6 Å². The predicted molar refractivity (Wildman–Crippen MR) is 116 cm³/mol. The topological polar surface area (TPSA) is 45.2 Å². The average Bonchev–Trinajstić information content (AvgIpc) is 2.74. The van der Waals surface area contributed by atoms with Gasteiger partial charge >= 0.3 is 0 Å². The minimum Gasteiger partial charge on any atom is -0.491 e. The fourth-order valence-corrected chi connectivity index (χ4v) is 3.82. The summed E-state index contributed by atoms with van der Waals surface area (Å²) in [6.07, 6.45) is 2.11. The van der Waals surface area contributed by atoms with Crippen LogP contribution in [-0.4, -0.2) is 67.5 Å². The van der Waals surface area contributed by atoms with Gasteiger partial charge in [-0.2, -0.15) is 0 Å². The Morgan fingerprint density at radius 1 is 1.03 bits per heavy atom. The van der Waals surface area contributed by atoms with Crippen LogP contribution in [0.1, 0.15) is 24.0 Å². The fourth-order valence-electron chi connectivity index (χ4n) is 3.82. The first-order valence-corrected chi connectivity index (χ1v) is 10.5. The predicted octanol–water partition coefficient (Wildman–Crippen LogP) is 3.17. The van der Waals surface area contributed by atoms with Crippen molar-refractivity contribution in [3.05, 3.63) is 65.7 Å². The summed E-state index contributed by atoms with van der Waals surface area (Å²) in [6.45, 7) is 4.81. The highest BCUT2D eigenvalue weighted by molar-refractivity contribution is 5.27. The molecule has 0 radical (unpaired) electrons. The minimum absolute atomic E-state index is 0.295. The summed E-state index contributed by atoms with van der Waals surface area (Å²) in [6, 6.07) is 18.5. The summed E-state index contributed by atoms with van der Waals surface area (Å²) in [4.78, 5) is 4.58. The lowest BCUT2D eigenvalue weighted by molar-refractivity contribution is 0.0388. The van der Waals surface area contributed by atoms with Crippen LogP contribution in [0.4, 0.5) is 0 Å². The number of rotatable bonds is 10.